The molecule has 2 rings (SSSR count). The van der Waals surface area contributed by atoms with Crippen molar-refractivity contribution in [1.82, 2.24) is 5.32 Å². The van der Waals surface area contributed by atoms with Gasteiger partial charge in [0, 0.05) is 37.2 Å². The number of carbonyl (C=O) groups excluding carboxylic acids is 2. The fraction of sp³-hybridized carbons (Fsp3) is 0.500. The number of carboxylic acids is 1. The van der Waals surface area contributed by atoms with Crippen molar-refractivity contribution in [1.29, 1.82) is 0 Å². The molecule has 0 aliphatic carbocycles. The fourth-order valence-electron chi connectivity index (χ4n) is 2.79. The Kier molecular flexibility index (Phi) is 6.78. The van der Waals surface area contributed by atoms with Gasteiger partial charge in [-0.15, -0.1) is 0 Å². The lowest BCUT2D eigenvalue weighted by atomic mass is 10.1. The molecule has 1 saturated heterocycles. The first kappa shape index (κ1) is 18.0. The number of aliphatic carboxylic acids is 1. The highest BCUT2D eigenvalue weighted by Crippen LogP contribution is 2.22. The van der Waals surface area contributed by atoms with Gasteiger partial charge in [-0.1, -0.05) is 18.9 Å². The number of rotatable bonds is 9. The van der Waals surface area contributed by atoms with Gasteiger partial charge in [0.15, 0.2) is 0 Å². The van der Waals surface area contributed by atoms with Gasteiger partial charge >= 0.3 is 5.97 Å². The molecule has 0 bridgehead atoms. The third-order valence-electron chi connectivity index (χ3n) is 4.10. The van der Waals surface area contributed by atoms with E-state index in [0.29, 0.717) is 31.5 Å². The van der Waals surface area contributed by atoms with Gasteiger partial charge in [0.1, 0.15) is 0 Å². The van der Waals surface area contributed by atoms with Gasteiger partial charge in [0.25, 0.3) is 5.91 Å². The van der Waals surface area contributed by atoms with Crippen LogP contribution in [0.4, 0.5) is 5.69 Å². The fourth-order valence-corrected chi connectivity index (χ4v) is 2.79. The minimum Gasteiger partial charge on any atom is -0.481 e. The third-order valence-corrected chi connectivity index (χ3v) is 4.10. The molecule has 0 radical (unpaired) electrons. The van der Waals surface area contributed by atoms with Crippen molar-refractivity contribution in [3.63, 3.8) is 0 Å². The van der Waals surface area contributed by atoms with E-state index in [0.717, 1.165) is 31.4 Å². The normalized spacial score (nSPS) is 14.0. The zero-order chi connectivity index (χ0) is 17.4. The van der Waals surface area contributed by atoms with Crippen LogP contribution in [-0.4, -0.2) is 36.0 Å². The average molecular weight is 332 g/mol. The summed E-state index contributed by atoms with van der Waals surface area (Å²) in [5.41, 5.74) is 1.33. The van der Waals surface area contributed by atoms with Crippen LogP contribution in [0.25, 0.3) is 0 Å². The van der Waals surface area contributed by atoms with E-state index in [1.54, 1.807) is 23.1 Å². The number of nitrogens with one attached hydrogen (secondary N) is 1. The Hall–Kier alpha value is -2.37. The Morgan fingerprint density at radius 1 is 1.17 bits per heavy atom. The first-order valence-electron chi connectivity index (χ1n) is 8.48. The number of hydrogen-bond acceptors (Lipinski definition) is 3. The van der Waals surface area contributed by atoms with Crippen molar-refractivity contribution in [2.24, 2.45) is 0 Å². The van der Waals surface area contributed by atoms with Gasteiger partial charge in [-0.2, -0.15) is 0 Å². The molecule has 0 spiro atoms. The van der Waals surface area contributed by atoms with Crippen LogP contribution in [0.5, 0.6) is 0 Å². The first-order chi connectivity index (χ1) is 11.6. The quantitative estimate of drug-likeness (QED) is 0.681. The van der Waals surface area contributed by atoms with Crippen molar-refractivity contribution >= 4 is 23.5 Å². The van der Waals surface area contributed by atoms with Gasteiger partial charge < -0.3 is 15.3 Å². The van der Waals surface area contributed by atoms with Crippen molar-refractivity contribution in [2.45, 2.75) is 44.9 Å². The lowest BCUT2D eigenvalue weighted by molar-refractivity contribution is -0.137. The van der Waals surface area contributed by atoms with Crippen LogP contribution in [0.3, 0.4) is 0 Å². The number of benzene rings is 1. The van der Waals surface area contributed by atoms with Crippen LogP contribution in [-0.2, 0) is 9.59 Å². The summed E-state index contributed by atoms with van der Waals surface area (Å²) in [7, 11) is 0. The summed E-state index contributed by atoms with van der Waals surface area (Å²) in [6.07, 6.45) is 4.89. The summed E-state index contributed by atoms with van der Waals surface area (Å²) in [6, 6.07) is 7.14. The molecule has 6 heteroatoms. The average Bonchev–Trinajstić information content (AvgIpc) is 2.99. The zero-order valence-corrected chi connectivity index (χ0v) is 13.8. The Bertz CT molecular complexity index is 600. The maximum Gasteiger partial charge on any atom is 0.303 e. The first-order valence-corrected chi connectivity index (χ1v) is 8.48. The number of anilines is 1. The summed E-state index contributed by atoms with van der Waals surface area (Å²) >= 11 is 0. The van der Waals surface area contributed by atoms with E-state index in [-0.39, 0.29) is 18.2 Å². The van der Waals surface area contributed by atoms with Crippen LogP contribution >= 0.6 is 0 Å². The molecule has 2 N–H and O–H groups in total. The van der Waals surface area contributed by atoms with Crippen molar-refractivity contribution in [3.05, 3.63) is 29.8 Å². The molecule has 0 atom stereocenters. The van der Waals surface area contributed by atoms with Crippen LogP contribution in [0.15, 0.2) is 24.3 Å². The minimum atomic E-state index is -0.764. The molecule has 1 aromatic rings. The highest BCUT2D eigenvalue weighted by Gasteiger charge is 2.22. The SMILES string of the molecule is O=C(O)CCCCCCNC(=O)c1cccc(N2CCCC2=O)c1. The van der Waals surface area contributed by atoms with Gasteiger partial charge in [-0.05, 0) is 37.5 Å². The molecule has 130 valence electrons. The second-order valence-corrected chi connectivity index (χ2v) is 6.01. The van der Waals surface area contributed by atoms with E-state index in [1.807, 2.05) is 6.07 Å². The Labute approximate surface area is 141 Å². The maximum atomic E-state index is 12.2. The van der Waals surface area contributed by atoms with Crippen LogP contribution in [0.2, 0.25) is 0 Å². The molecule has 24 heavy (non-hydrogen) atoms. The van der Waals surface area contributed by atoms with Gasteiger partial charge in [-0.3, -0.25) is 14.4 Å². The molecule has 1 aliphatic rings. The van der Waals surface area contributed by atoms with Crippen molar-refractivity contribution in [3.8, 4) is 0 Å². The van der Waals surface area contributed by atoms with Crippen LogP contribution in [0.1, 0.15) is 55.3 Å². The van der Waals surface area contributed by atoms with E-state index in [9.17, 15) is 14.4 Å². The Balaban J connectivity index is 1.74. The number of amides is 2. The second kappa shape index (κ2) is 9.05. The molecular weight excluding hydrogens is 308 g/mol. The zero-order valence-electron chi connectivity index (χ0n) is 13.8. The number of hydrogen-bond donors (Lipinski definition) is 2. The molecule has 6 nitrogen and oxygen atoms in total. The predicted molar refractivity (Wildman–Crippen MR) is 91.1 cm³/mol. The van der Waals surface area contributed by atoms with E-state index in [1.165, 1.54) is 0 Å². The highest BCUT2D eigenvalue weighted by atomic mass is 16.4. The smallest absolute Gasteiger partial charge is 0.303 e. The van der Waals surface area contributed by atoms with Gasteiger partial charge in [0.05, 0.1) is 0 Å². The van der Waals surface area contributed by atoms with Crippen LogP contribution < -0.4 is 10.2 Å². The predicted octanol–water partition coefficient (Wildman–Crippen LogP) is 2.58. The molecule has 1 fully saturated rings. The minimum absolute atomic E-state index is 0.105. The number of nitrogens with zero attached hydrogens (tertiary/aromatic N) is 1. The van der Waals surface area contributed by atoms with E-state index >= 15 is 0 Å². The topological polar surface area (TPSA) is 86.7 Å². The number of unbranched alkanes of at least 4 members (excludes halogenated alkanes) is 3. The van der Waals surface area contributed by atoms with Gasteiger partial charge in [-0.25, -0.2) is 0 Å². The molecule has 1 aliphatic heterocycles. The molecule has 0 unspecified atom stereocenters. The third kappa shape index (κ3) is 5.37. The van der Waals surface area contributed by atoms with E-state index in [2.05, 4.69) is 5.32 Å². The number of carboxylic acid groups (broad SMARTS) is 1. The molecular formula is C18H24N2O4. The summed E-state index contributed by atoms with van der Waals surface area (Å²) in [4.78, 5) is 36.1. The summed E-state index contributed by atoms with van der Waals surface area (Å²) in [5, 5.41) is 11.4. The lowest BCUT2D eigenvalue weighted by Gasteiger charge is -2.16. The lowest BCUT2D eigenvalue weighted by Crippen LogP contribution is -2.26. The Morgan fingerprint density at radius 3 is 2.67 bits per heavy atom. The second-order valence-electron chi connectivity index (χ2n) is 6.01. The van der Waals surface area contributed by atoms with E-state index in [4.69, 9.17) is 5.11 Å². The van der Waals surface area contributed by atoms with Crippen LogP contribution in [0, 0.1) is 0 Å². The summed E-state index contributed by atoms with van der Waals surface area (Å²) in [5.74, 6) is -0.803. The van der Waals surface area contributed by atoms with Gasteiger partial charge in [0.2, 0.25) is 5.91 Å². The van der Waals surface area contributed by atoms with E-state index < -0.39 is 5.97 Å². The molecule has 1 heterocycles. The summed E-state index contributed by atoms with van der Waals surface area (Å²) < 4.78 is 0. The highest BCUT2D eigenvalue weighted by molar-refractivity contribution is 5.99. The maximum absolute atomic E-state index is 12.2. The standard InChI is InChI=1S/C18H24N2O4/c21-16-9-6-12-20(16)15-8-5-7-14(13-15)18(24)19-11-4-2-1-3-10-17(22)23/h5,7-8,13H,1-4,6,9-12H2,(H,19,24)(H,22,23). The molecule has 0 aromatic heterocycles. The Morgan fingerprint density at radius 2 is 1.96 bits per heavy atom. The monoisotopic (exact) mass is 332 g/mol. The summed E-state index contributed by atoms with van der Waals surface area (Å²) in [6.45, 7) is 1.28. The number of carbonyl (C=O) groups is 3. The van der Waals surface area contributed by atoms with Crippen molar-refractivity contribution in [2.75, 3.05) is 18.0 Å². The largest absolute Gasteiger partial charge is 0.481 e. The molecule has 2 amide bonds. The molecule has 1 aromatic carbocycles. The van der Waals surface area contributed by atoms with Crippen molar-refractivity contribution < 1.29 is 19.5 Å². The molecule has 0 saturated carbocycles.